The number of nitrogens with two attached hydrogens (primary N) is 1. The predicted molar refractivity (Wildman–Crippen MR) is 60.1 cm³/mol. The lowest BCUT2D eigenvalue weighted by molar-refractivity contribution is 0.730. The average Bonchev–Trinajstić information content (AvgIpc) is 2.57. The minimum absolute atomic E-state index is 0.800. The lowest BCUT2D eigenvalue weighted by atomic mass is 10.1. The molecule has 1 aromatic carbocycles. The largest absolute Gasteiger partial charge is 0.399 e. The standard InChI is InChI=1S/C11H15N3/c1-2-13-6-8-7-14-11-5-9(12)3-4-10(8)11/h3-5,7,13-14H,2,6,12H2,1H3. The van der Waals surface area contributed by atoms with Gasteiger partial charge in [0.2, 0.25) is 0 Å². The molecule has 0 bridgehead atoms. The van der Waals surface area contributed by atoms with E-state index in [4.69, 9.17) is 5.73 Å². The quantitative estimate of drug-likeness (QED) is 0.645. The van der Waals surface area contributed by atoms with Gasteiger partial charge in [-0.05, 0) is 24.2 Å². The minimum atomic E-state index is 0.800. The first kappa shape index (κ1) is 9.09. The van der Waals surface area contributed by atoms with Crippen LogP contribution in [0.1, 0.15) is 12.5 Å². The van der Waals surface area contributed by atoms with Crippen LogP contribution in [0.2, 0.25) is 0 Å². The highest BCUT2D eigenvalue weighted by molar-refractivity contribution is 5.85. The third-order valence-electron chi connectivity index (χ3n) is 2.36. The fourth-order valence-corrected chi connectivity index (χ4v) is 1.61. The number of fused-ring (bicyclic) bond motifs is 1. The number of rotatable bonds is 3. The topological polar surface area (TPSA) is 53.8 Å². The highest BCUT2D eigenvalue weighted by Gasteiger charge is 2.02. The molecule has 0 aliphatic carbocycles. The number of benzene rings is 1. The van der Waals surface area contributed by atoms with Crippen LogP contribution in [0.3, 0.4) is 0 Å². The van der Waals surface area contributed by atoms with Crippen LogP contribution in [0.5, 0.6) is 0 Å². The molecule has 0 aliphatic rings. The fourth-order valence-electron chi connectivity index (χ4n) is 1.61. The van der Waals surface area contributed by atoms with Gasteiger partial charge in [-0.3, -0.25) is 0 Å². The van der Waals surface area contributed by atoms with Crippen molar-refractivity contribution in [2.75, 3.05) is 12.3 Å². The number of aromatic nitrogens is 1. The van der Waals surface area contributed by atoms with Crippen LogP contribution >= 0.6 is 0 Å². The molecule has 0 atom stereocenters. The monoisotopic (exact) mass is 189 g/mol. The van der Waals surface area contributed by atoms with Crippen LogP contribution in [0.15, 0.2) is 24.4 Å². The Morgan fingerprint density at radius 2 is 2.29 bits per heavy atom. The summed E-state index contributed by atoms with van der Waals surface area (Å²) in [7, 11) is 0. The minimum Gasteiger partial charge on any atom is -0.399 e. The van der Waals surface area contributed by atoms with Crippen molar-refractivity contribution in [3.05, 3.63) is 30.0 Å². The van der Waals surface area contributed by atoms with Gasteiger partial charge in [0.25, 0.3) is 0 Å². The van der Waals surface area contributed by atoms with Gasteiger partial charge in [-0.15, -0.1) is 0 Å². The Hall–Kier alpha value is -1.48. The van der Waals surface area contributed by atoms with Crippen molar-refractivity contribution in [3.8, 4) is 0 Å². The summed E-state index contributed by atoms with van der Waals surface area (Å²) >= 11 is 0. The Kier molecular flexibility index (Phi) is 2.41. The Morgan fingerprint density at radius 3 is 3.07 bits per heavy atom. The normalized spacial score (nSPS) is 10.9. The fraction of sp³-hybridized carbons (Fsp3) is 0.273. The third kappa shape index (κ3) is 1.59. The molecule has 4 N–H and O–H groups in total. The molecule has 0 unspecified atom stereocenters. The maximum atomic E-state index is 5.70. The Morgan fingerprint density at radius 1 is 1.43 bits per heavy atom. The van der Waals surface area contributed by atoms with Crippen molar-refractivity contribution in [3.63, 3.8) is 0 Å². The molecule has 3 nitrogen and oxygen atoms in total. The first-order valence-corrected chi connectivity index (χ1v) is 4.87. The molecule has 2 aromatic rings. The summed E-state index contributed by atoms with van der Waals surface area (Å²) < 4.78 is 0. The van der Waals surface area contributed by atoms with Crippen molar-refractivity contribution in [2.45, 2.75) is 13.5 Å². The van der Waals surface area contributed by atoms with Crippen LogP contribution in [-0.2, 0) is 6.54 Å². The molecule has 0 spiro atoms. The van der Waals surface area contributed by atoms with E-state index in [-0.39, 0.29) is 0 Å². The van der Waals surface area contributed by atoms with Gasteiger partial charge in [-0.1, -0.05) is 13.0 Å². The van der Waals surface area contributed by atoms with Crippen LogP contribution in [0.4, 0.5) is 5.69 Å². The van der Waals surface area contributed by atoms with E-state index >= 15 is 0 Å². The van der Waals surface area contributed by atoms with Crippen LogP contribution in [-0.4, -0.2) is 11.5 Å². The molecule has 0 amide bonds. The summed E-state index contributed by atoms with van der Waals surface area (Å²) in [4.78, 5) is 3.22. The molecular formula is C11H15N3. The molecule has 0 fully saturated rings. The highest BCUT2D eigenvalue weighted by Crippen LogP contribution is 2.20. The molecule has 14 heavy (non-hydrogen) atoms. The van der Waals surface area contributed by atoms with Gasteiger partial charge < -0.3 is 16.0 Å². The molecule has 0 radical (unpaired) electrons. The zero-order chi connectivity index (χ0) is 9.97. The summed E-state index contributed by atoms with van der Waals surface area (Å²) in [6, 6.07) is 5.96. The van der Waals surface area contributed by atoms with Crippen LogP contribution in [0.25, 0.3) is 10.9 Å². The summed E-state index contributed by atoms with van der Waals surface area (Å²) in [6.07, 6.45) is 2.03. The number of nitrogens with one attached hydrogen (secondary N) is 2. The van der Waals surface area contributed by atoms with Crippen LogP contribution in [0, 0.1) is 0 Å². The molecular weight excluding hydrogens is 174 g/mol. The Labute approximate surface area is 83.3 Å². The molecule has 1 aromatic heterocycles. The lowest BCUT2D eigenvalue weighted by Crippen LogP contribution is -2.11. The molecule has 1 heterocycles. The maximum absolute atomic E-state index is 5.70. The van der Waals surface area contributed by atoms with Crippen molar-refractivity contribution in [1.29, 1.82) is 0 Å². The second-order valence-electron chi connectivity index (χ2n) is 3.40. The lowest BCUT2D eigenvalue weighted by Gasteiger charge is -1.99. The van der Waals surface area contributed by atoms with E-state index < -0.39 is 0 Å². The number of aromatic amines is 1. The number of anilines is 1. The highest BCUT2D eigenvalue weighted by atomic mass is 14.8. The van der Waals surface area contributed by atoms with E-state index in [1.165, 1.54) is 10.9 Å². The Bertz CT molecular complexity index is 431. The number of nitrogen functional groups attached to an aromatic ring is 1. The van der Waals surface area contributed by atoms with Crippen molar-refractivity contribution in [2.24, 2.45) is 0 Å². The SMILES string of the molecule is CCNCc1c[nH]c2cc(N)ccc12. The number of hydrogen-bond acceptors (Lipinski definition) is 2. The second-order valence-corrected chi connectivity index (χ2v) is 3.40. The summed E-state index contributed by atoms with van der Waals surface area (Å²) in [5.41, 5.74) is 8.90. The van der Waals surface area contributed by atoms with Gasteiger partial charge in [-0.25, -0.2) is 0 Å². The first-order valence-electron chi connectivity index (χ1n) is 4.87. The molecule has 2 rings (SSSR count). The van der Waals surface area contributed by atoms with Crippen LogP contribution < -0.4 is 11.1 Å². The smallest absolute Gasteiger partial charge is 0.0477 e. The number of hydrogen-bond donors (Lipinski definition) is 3. The van der Waals surface area contributed by atoms with Gasteiger partial charge >= 0.3 is 0 Å². The summed E-state index contributed by atoms with van der Waals surface area (Å²) in [6.45, 7) is 3.99. The van der Waals surface area contributed by atoms with Gasteiger partial charge in [0.05, 0.1) is 0 Å². The molecule has 3 heteroatoms. The van der Waals surface area contributed by atoms with E-state index in [2.05, 4.69) is 23.3 Å². The van der Waals surface area contributed by atoms with E-state index in [9.17, 15) is 0 Å². The molecule has 74 valence electrons. The van der Waals surface area contributed by atoms with E-state index in [1.807, 2.05) is 18.3 Å². The first-order chi connectivity index (χ1) is 6.81. The van der Waals surface area contributed by atoms with Crippen molar-refractivity contribution in [1.82, 2.24) is 10.3 Å². The average molecular weight is 189 g/mol. The third-order valence-corrected chi connectivity index (χ3v) is 2.36. The van der Waals surface area contributed by atoms with E-state index in [1.54, 1.807) is 0 Å². The predicted octanol–water partition coefficient (Wildman–Crippen LogP) is 1.86. The molecule has 0 saturated heterocycles. The van der Waals surface area contributed by atoms with Gasteiger partial charge in [0.15, 0.2) is 0 Å². The van der Waals surface area contributed by atoms with E-state index in [0.29, 0.717) is 0 Å². The summed E-state index contributed by atoms with van der Waals surface area (Å²) in [5.74, 6) is 0. The number of H-pyrrole nitrogens is 1. The van der Waals surface area contributed by atoms with E-state index in [0.717, 1.165) is 24.3 Å². The van der Waals surface area contributed by atoms with Crippen molar-refractivity contribution >= 4 is 16.6 Å². The van der Waals surface area contributed by atoms with Gasteiger partial charge in [0.1, 0.15) is 0 Å². The Balaban J connectivity index is 2.37. The molecule has 0 saturated carbocycles. The van der Waals surface area contributed by atoms with Gasteiger partial charge in [-0.2, -0.15) is 0 Å². The van der Waals surface area contributed by atoms with Gasteiger partial charge in [0, 0.05) is 29.3 Å². The van der Waals surface area contributed by atoms with Crippen molar-refractivity contribution < 1.29 is 0 Å². The maximum Gasteiger partial charge on any atom is 0.0477 e. The summed E-state index contributed by atoms with van der Waals surface area (Å²) in [5, 5.41) is 4.56. The zero-order valence-electron chi connectivity index (χ0n) is 8.30. The second kappa shape index (κ2) is 3.72. The zero-order valence-corrected chi connectivity index (χ0v) is 8.30. The molecule has 0 aliphatic heterocycles.